The van der Waals surface area contributed by atoms with Gasteiger partial charge in [0.05, 0.1) is 6.61 Å². The fourth-order valence-electron chi connectivity index (χ4n) is 1.21. The van der Waals surface area contributed by atoms with Gasteiger partial charge in [0.2, 0.25) is 0 Å². The van der Waals surface area contributed by atoms with Gasteiger partial charge in [-0.2, -0.15) is 0 Å². The Hall–Kier alpha value is -1.24. The minimum atomic E-state index is 0.581. The summed E-state index contributed by atoms with van der Waals surface area (Å²) in [4.78, 5) is 0. The summed E-state index contributed by atoms with van der Waals surface area (Å²) in [5, 5.41) is 0. The van der Waals surface area contributed by atoms with Crippen molar-refractivity contribution in [1.82, 2.24) is 0 Å². The van der Waals surface area contributed by atoms with Gasteiger partial charge in [0.15, 0.2) is 0 Å². The summed E-state index contributed by atoms with van der Waals surface area (Å²) in [7, 11) is 0. The first kappa shape index (κ1) is 10.8. The van der Waals surface area contributed by atoms with Crippen molar-refractivity contribution in [3.05, 3.63) is 42.5 Å². The van der Waals surface area contributed by atoms with Crippen LogP contribution in [0, 0.1) is 0 Å². The summed E-state index contributed by atoms with van der Waals surface area (Å²) >= 11 is 0. The molecule has 1 aromatic rings. The van der Waals surface area contributed by atoms with Crippen molar-refractivity contribution in [3.8, 4) is 5.75 Å². The van der Waals surface area contributed by atoms with Crippen LogP contribution in [-0.2, 0) is 0 Å². The highest BCUT2D eigenvalue weighted by atomic mass is 16.5. The predicted octanol–water partition coefficient (Wildman–Crippen LogP) is 3.76. The first-order valence-corrected chi connectivity index (χ1v) is 5.07. The van der Waals surface area contributed by atoms with Crippen LogP contribution in [0.1, 0.15) is 31.7 Å². The van der Waals surface area contributed by atoms with E-state index >= 15 is 0 Å². The third-order valence-electron chi connectivity index (χ3n) is 2.14. The largest absolute Gasteiger partial charge is 0.493 e. The molecule has 0 saturated heterocycles. The Balaban J connectivity index is 2.51. The summed E-state index contributed by atoms with van der Waals surface area (Å²) in [6.07, 6.45) is 2.76. The molecule has 0 bridgehead atoms. The van der Waals surface area contributed by atoms with Crippen LogP contribution in [0.4, 0.5) is 0 Å². The van der Waals surface area contributed by atoms with Gasteiger partial charge in [-0.1, -0.05) is 32.1 Å². The van der Waals surface area contributed by atoms with Gasteiger partial charge in [0.25, 0.3) is 0 Å². The van der Waals surface area contributed by atoms with Gasteiger partial charge in [-0.25, -0.2) is 0 Å². The number of rotatable bonds is 5. The SMILES string of the molecule is C=CCCOc1ccc(C(C)C)cc1. The molecule has 0 heterocycles. The number of ether oxygens (including phenoxy) is 1. The normalized spacial score (nSPS) is 10.2. The lowest BCUT2D eigenvalue weighted by Gasteiger charge is -2.07. The van der Waals surface area contributed by atoms with Crippen LogP contribution in [0.2, 0.25) is 0 Å². The van der Waals surface area contributed by atoms with Crippen molar-refractivity contribution in [1.29, 1.82) is 0 Å². The molecule has 0 atom stereocenters. The Bertz CT molecular complexity index is 272. The topological polar surface area (TPSA) is 9.23 Å². The summed E-state index contributed by atoms with van der Waals surface area (Å²) in [6.45, 7) is 8.74. The average Bonchev–Trinajstić information content (AvgIpc) is 2.19. The smallest absolute Gasteiger partial charge is 0.119 e. The molecule has 0 radical (unpaired) electrons. The molecule has 1 heteroatoms. The Labute approximate surface area is 86.4 Å². The lowest BCUT2D eigenvalue weighted by molar-refractivity contribution is 0.325. The standard InChI is InChI=1S/C13H18O/c1-4-5-10-14-13-8-6-12(7-9-13)11(2)3/h4,6-9,11H,1,5,10H2,2-3H3. The summed E-state index contributed by atoms with van der Waals surface area (Å²) in [5.41, 5.74) is 1.35. The Morgan fingerprint density at radius 1 is 1.29 bits per heavy atom. The monoisotopic (exact) mass is 190 g/mol. The van der Waals surface area contributed by atoms with Gasteiger partial charge < -0.3 is 4.74 Å². The number of benzene rings is 1. The Morgan fingerprint density at radius 2 is 1.93 bits per heavy atom. The van der Waals surface area contributed by atoms with E-state index in [0.29, 0.717) is 12.5 Å². The van der Waals surface area contributed by atoms with Gasteiger partial charge in [0.1, 0.15) is 5.75 Å². The van der Waals surface area contributed by atoms with E-state index in [-0.39, 0.29) is 0 Å². The fourth-order valence-corrected chi connectivity index (χ4v) is 1.21. The molecule has 0 unspecified atom stereocenters. The first-order chi connectivity index (χ1) is 6.74. The van der Waals surface area contributed by atoms with Crippen LogP contribution in [0.15, 0.2) is 36.9 Å². The molecule has 1 aromatic carbocycles. The molecule has 0 aliphatic heterocycles. The van der Waals surface area contributed by atoms with Gasteiger partial charge in [0, 0.05) is 0 Å². The molecule has 0 aromatic heterocycles. The fraction of sp³-hybridized carbons (Fsp3) is 0.385. The van der Waals surface area contributed by atoms with E-state index in [1.807, 2.05) is 18.2 Å². The van der Waals surface area contributed by atoms with Crippen molar-refractivity contribution in [2.24, 2.45) is 0 Å². The van der Waals surface area contributed by atoms with Gasteiger partial charge in [-0.05, 0) is 30.0 Å². The highest BCUT2D eigenvalue weighted by Crippen LogP contribution is 2.18. The van der Waals surface area contributed by atoms with E-state index < -0.39 is 0 Å². The molecular formula is C13H18O. The number of hydrogen-bond donors (Lipinski definition) is 0. The lowest BCUT2D eigenvalue weighted by Crippen LogP contribution is -1.95. The summed E-state index contributed by atoms with van der Waals surface area (Å²) in [5.74, 6) is 1.52. The van der Waals surface area contributed by atoms with E-state index in [4.69, 9.17) is 4.74 Å². The first-order valence-electron chi connectivity index (χ1n) is 5.07. The quantitative estimate of drug-likeness (QED) is 0.507. The van der Waals surface area contributed by atoms with E-state index in [9.17, 15) is 0 Å². The molecule has 0 aliphatic carbocycles. The molecule has 1 rings (SSSR count). The maximum absolute atomic E-state index is 5.51. The van der Waals surface area contributed by atoms with Crippen LogP contribution in [-0.4, -0.2) is 6.61 Å². The molecule has 0 saturated carbocycles. The van der Waals surface area contributed by atoms with Crippen LogP contribution in [0.25, 0.3) is 0 Å². The second kappa shape index (κ2) is 5.48. The van der Waals surface area contributed by atoms with Crippen molar-refractivity contribution in [3.63, 3.8) is 0 Å². The number of hydrogen-bond acceptors (Lipinski definition) is 1. The van der Waals surface area contributed by atoms with Crippen molar-refractivity contribution in [2.75, 3.05) is 6.61 Å². The molecule has 1 nitrogen and oxygen atoms in total. The third-order valence-corrected chi connectivity index (χ3v) is 2.14. The summed E-state index contributed by atoms with van der Waals surface area (Å²) in [6, 6.07) is 8.29. The van der Waals surface area contributed by atoms with Gasteiger partial charge in [-0.15, -0.1) is 6.58 Å². The van der Waals surface area contributed by atoms with Crippen LogP contribution < -0.4 is 4.74 Å². The molecule has 0 aliphatic rings. The molecule has 0 amide bonds. The maximum atomic E-state index is 5.51. The molecular weight excluding hydrogens is 172 g/mol. The molecule has 0 spiro atoms. The van der Waals surface area contributed by atoms with E-state index in [1.165, 1.54) is 5.56 Å². The van der Waals surface area contributed by atoms with Crippen molar-refractivity contribution < 1.29 is 4.74 Å². The van der Waals surface area contributed by atoms with E-state index in [0.717, 1.165) is 12.2 Å². The molecule has 0 N–H and O–H groups in total. The molecule has 0 fully saturated rings. The lowest BCUT2D eigenvalue weighted by atomic mass is 10.0. The zero-order valence-corrected chi connectivity index (χ0v) is 8.99. The minimum Gasteiger partial charge on any atom is -0.493 e. The van der Waals surface area contributed by atoms with Gasteiger partial charge >= 0.3 is 0 Å². The Kier molecular flexibility index (Phi) is 4.24. The maximum Gasteiger partial charge on any atom is 0.119 e. The molecule has 14 heavy (non-hydrogen) atoms. The third kappa shape index (κ3) is 3.25. The second-order valence-electron chi connectivity index (χ2n) is 3.65. The van der Waals surface area contributed by atoms with E-state index in [1.54, 1.807) is 0 Å². The van der Waals surface area contributed by atoms with Crippen molar-refractivity contribution >= 4 is 0 Å². The van der Waals surface area contributed by atoms with E-state index in [2.05, 4.69) is 32.6 Å². The highest BCUT2D eigenvalue weighted by molar-refractivity contribution is 5.28. The van der Waals surface area contributed by atoms with Crippen LogP contribution in [0.3, 0.4) is 0 Å². The molecule has 76 valence electrons. The van der Waals surface area contributed by atoms with Gasteiger partial charge in [-0.3, -0.25) is 0 Å². The average molecular weight is 190 g/mol. The van der Waals surface area contributed by atoms with Crippen LogP contribution >= 0.6 is 0 Å². The zero-order valence-electron chi connectivity index (χ0n) is 8.99. The highest BCUT2D eigenvalue weighted by Gasteiger charge is 1.98. The zero-order chi connectivity index (χ0) is 10.4. The van der Waals surface area contributed by atoms with Crippen LogP contribution in [0.5, 0.6) is 5.75 Å². The minimum absolute atomic E-state index is 0.581. The summed E-state index contributed by atoms with van der Waals surface area (Å²) < 4.78 is 5.51. The Morgan fingerprint density at radius 3 is 2.43 bits per heavy atom. The van der Waals surface area contributed by atoms with Crippen molar-refractivity contribution in [2.45, 2.75) is 26.2 Å². The predicted molar refractivity (Wildman–Crippen MR) is 60.8 cm³/mol. The second-order valence-corrected chi connectivity index (χ2v) is 3.65.